The molecule has 0 spiro atoms. The molecule has 0 radical (unpaired) electrons. The Balaban J connectivity index is 0.860. The fourth-order valence-electron chi connectivity index (χ4n) is 9.75. The molecule has 5 aliphatic rings. The minimum absolute atomic E-state index is 0.0153. The number of likely N-dealkylation sites (tertiary alicyclic amines) is 1. The molecule has 6 atom stereocenters. The molecule has 3 fully saturated rings. The lowest BCUT2D eigenvalue weighted by atomic mass is 9.75. The molecule has 3 aromatic rings. The molecular weight excluding hydrogens is 701 g/mol. The highest BCUT2D eigenvalue weighted by molar-refractivity contribution is 6.04. The van der Waals surface area contributed by atoms with Gasteiger partial charge in [0.05, 0.1) is 13.2 Å². The van der Waals surface area contributed by atoms with E-state index in [0.717, 1.165) is 82.6 Å². The van der Waals surface area contributed by atoms with Crippen molar-refractivity contribution in [2.24, 2.45) is 39.6 Å². The number of nitrogens with two attached hydrogens (primary N) is 1. The Bertz CT molecular complexity index is 2100. The molecule has 3 aliphatic heterocycles. The number of amides is 3. The van der Waals surface area contributed by atoms with E-state index in [2.05, 4.69) is 59.2 Å². The summed E-state index contributed by atoms with van der Waals surface area (Å²) in [5.74, 6) is 1.15. The summed E-state index contributed by atoms with van der Waals surface area (Å²) in [5, 5.41) is 5.95. The van der Waals surface area contributed by atoms with Gasteiger partial charge in [-0.1, -0.05) is 74.5 Å². The Morgan fingerprint density at radius 3 is 2.02 bits per heavy atom. The third-order valence-electron chi connectivity index (χ3n) is 12.7. The molecule has 10 heteroatoms. The zero-order chi connectivity index (χ0) is 38.9. The molecule has 2 bridgehead atoms. The van der Waals surface area contributed by atoms with Gasteiger partial charge in [-0.3, -0.25) is 19.6 Å². The number of alkyl carbamates (subject to hydrolysis) is 1. The first-order chi connectivity index (χ1) is 27.2. The maximum absolute atomic E-state index is 13.6. The van der Waals surface area contributed by atoms with Crippen LogP contribution in [0, 0.1) is 29.6 Å². The van der Waals surface area contributed by atoms with Crippen LogP contribution in [0.15, 0.2) is 95.2 Å². The number of carbonyl (C=O) groups excluding carboxylic acids is 3. The molecular formula is C46H52N6O4. The van der Waals surface area contributed by atoms with Crippen molar-refractivity contribution in [1.82, 2.24) is 15.5 Å². The molecule has 2 aliphatic carbocycles. The summed E-state index contributed by atoms with van der Waals surface area (Å²) >= 11 is 0. The van der Waals surface area contributed by atoms with E-state index in [9.17, 15) is 14.4 Å². The average molecular weight is 753 g/mol. The smallest absolute Gasteiger partial charge is 0.407 e. The summed E-state index contributed by atoms with van der Waals surface area (Å²) in [6, 6.07) is 24.3. The van der Waals surface area contributed by atoms with Crippen LogP contribution in [-0.4, -0.2) is 60.0 Å². The van der Waals surface area contributed by atoms with E-state index in [-0.39, 0.29) is 35.6 Å². The van der Waals surface area contributed by atoms with Crippen LogP contribution < -0.4 is 16.4 Å². The van der Waals surface area contributed by atoms with Gasteiger partial charge >= 0.3 is 6.09 Å². The Hall–Kier alpha value is -5.51. The van der Waals surface area contributed by atoms with Gasteiger partial charge in [-0.25, -0.2) is 4.79 Å². The Morgan fingerprint density at radius 2 is 1.39 bits per heavy atom. The molecule has 1 saturated heterocycles. The van der Waals surface area contributed by atoms with Crippen LogP contribution in [0.5, 0.6) is 0 Å². The highest BCUT2D eigenvalue weighted by atomic mass is 16.5. The lowest BCUT2D eigenvalue weighted by Crippen LogP contribution is -2.53. The molecule has 3 unspecified atom stereocenters. The van der Waals surface area contributed by atoms with E-state index in [0.29, 0.717) is 31.3 Å². The molecule has 2 saturated carbocycles. The zero-order valence-corrected chi connectivity index (χ0v) is 32.5. The maximum Gasteiger partial charge on any atom is 0.407 e. The quantitative estimate of drug-likeness (QED) is 0.173. The number of allylic oxidation sites excluding steroid dienone is 2. The molecule has 10 nitrogen and oxygen atoms in total. The van der Waals surface area contributed by atoms with Crippen molar-refractivity contribution >= 4 is 46.2 Å². The van der Waals surface area contributed by atoms with Crippen molar-refractivity contribution in [3.8, 4) is 11.1 Å². The molecule has 290 valence electrons. The minimum Gasteiger partial charge on any atom is -0.453 e. The summed E-state index contributed by atoms with van der Waals surface area (Å²) < 4.78 is 4.78. The van der Waals surface area contributed by atoms with Gasteiger partial charge in [0, 0.05) is 67.3 Å². The summed E-state index contributed by atoms with van der Waals surface area (Å²) in [7, 11) is 1.31. The van der Waals surface area contributed by atoms with Crippen molar-refractivity contribution in [1.29, 1.82) is 0 Å². The van der Waals surface area contributed by atoms with Gasteiger partial charge in [0.25, 0.3) is 0 Å². The van der Waals surface area contributed by atoms with Crippen molar-refractivity contribution in [3.05, 3.63) is 102 Å². The lowest BCUT2D eigenvalue weighted by molar-refractivity contribution is -0.134. The minimum atomic E-state index is -0.647. The van der Waals surface area contributed by atoms with Gasteiger partial charge in [-0.05, 0) is 101 Å². The van der Waals surface area contributed by atoms with Gasteiger partial charge in [-0.15, -0.1) is 0 Å². The van der Waals surface area contributed by atoms with Crippen LogP contribution in [0.4, 0.5) is 10.5 Å². The second-order valence-electron chi connectivity index (χ2n) is 16.4. The summed E-state index contributed by atoms with van der Waals surface area (Å²) in [4.78, 5) is 50.8. The monoisotopic (exact) mass is 752 g/mol. The molecule has 56 heavy (non-hydrogen) atoms. The third-order valence-corrected chi connectivity index (χ3v) is 12.7. The molecule has 4 N–H and O–H groups in total. The maximum atomic E-state index is 13.6. The van der Waals surface area contributed by atoms with E-state index in [4.69, 9.17) is 20.5 Å². The Kier molecular flexibility index (Phi) is 10.6. The number of carbonyl (C=O) groups is 3. The first-order valence-electron chi connectivity index (χ1n) is 20.2. The third kappa shape index (κ3) is 7.53. The molecule has 0 aromatic heterocycles. The van der Waals surface area contributed by atoms with E-state index >= 15 is 0 Å². The number of methoxy groups -OCH3 is 1. The van der Waals surface area contributed by atoms with E-state index in [1.165, 1.54) is 19.1 Å². The largest absolute Gasteiger partial charge is 0.453 e. The van der Waals surface area contributed by atoms with Crippen molar-refractivity contribution < 1.29 is 19.1 Å². The molecule has 3 amide bonds. The van der Waals surface area contributed by atoms with Gasteiger partial charge in [0.1, 0.15) is 6.04 Å². The van der Waals surface area contributed by atoms with E-state index in [1.54, 1.807) is 0 Å². The second-order valence-corrected chi connectivity index (χ2v) is 16.4. The number of ether oxygens (including phenoxy) is 1. The zero-order valence-electron chi connectivity index (χ0n) is 32.5. The summed E-state index contributed by atoms with van der Waals surface area (Å²) in [6.45, 7) is 5.02. The highest BCUT2D eigenvalue weighted by Gasteiger charge is 2.52. The number of nitrogens with zero attached hydrogens (tertiary/aromatic N) is 3. The van der Waals surface area contributed by atoms with Crippen LogP contribution in [-0.2, 0) is 20.9 Å². The first kappa shape index (κ1) is 37.4. The van der Waals surface area contributed by atoms with E-state index < -0.39 is 12.1 Å². The predicted molar refractivity (Wildman–Crippen MR) is 221 cm³/mol. The predicted octanol–water partition coefficient (Wildman–Crippen LogP) is 7.66. The summed E-state index contributed by atoms with van der Waals surface area (Å²) in [6.07, 6.45) is 10.0. The number of aliphatic imine (C=N–C) groups is 2. The van der Waals surface area contributed by atoms with Gasteiger partial charge in [0.2, 0.25) is 11.8 Å². The molecule has 3 aromatic carbocycles. The standard InChI is InChI=1S/C46H52N6O4/c1-27(2)43(51-46(55)56-3)45(54)52-20-4-5-40(52)38-22-35(25-48-38)31-12-8-29(9-13-31)30-10-14-32(15-11-30)36-23-39(49-26-36)41-33-16-17-34(21-33)42(41)44(53)50-24-28-6-18-37(47)19-7-28/h6-15,18-19,25-27,33-34,40-43H,4-5,16-17,20-24,47H2,1-3H3,(H,50,53)(H,51,55)/t33?,34?,40-,41?,42+,43-/m0/s1. The SMILES string of the molecule is COC(=O)N[C@H](C(=O)N1CCC[C@H]1C1=NC=C(c2ccc(-c3ccc(C4=CN=C(C5C6CCC(C6)[C@H]5C(=O)NCc5ccc(N)cc5)C4)cc3)cc2)C1)C(C)C. The van der Waals surface area contributed by atoms with Gasteiger partial charge in [-0.2, -0.15) is 0 Å². The highest BCUT2D eigenvalue weighted by Crippen LogP contribution is 2.54. The first-order valence-corrected chi connectivity index (χ1v) is 20.2. The Labute approximate surface area is 329 Å². The fraction of sp³-hybridized carbons (Fsp3) is 0.413. The van der Waals surface area contributed by atoms with Crippen LogP contribution in [0.3, 0.4) is 0 Å². The Morgan fingerprint density at radius 1 is 0.804 bits per heavy atom. The number of anilines is 1. The number of fused-ring (bicyclic) bond motifs is 2. The number of benzene rings is 3. The lowest BCUT2D eigenvalue weighted by Gasteiger charge is -2.31. The number of hydrogen-bond acceptors (Lipinski definition) is 7. The molecule has 8 rings (SSSR count). The normalized spacial score (nSPS) is 24.4. The van der Waals surface area contributed by atoms with E-state index in [1.807, 2.05) is 55.4 Å². The summed E-state index contributed by atoms with van der Waals surface area (Å²) in [5.41, 5.74) is 16.7. The molecule has 3 heterocycles. The van der Waals surface area contributed by atoms with Crippen molar-refractivity contribution in [2.75, 3.05) is 19.4 Å². The number of nitrogens with one attached hydrogen (secondary N) is 2. The van der Waals surface area contributed by atoms with Gasteiger partial charge < -0.3 is 26.0 Å². The van der Waals surface area contributed by atoms with Crippen LogP contribution in [0.1, 0.15) is 75.5 Å². The van der Waals surface area contributed by atoms with Crippen molar-refractivity contribution in [2.45, 2.75) is 77.4 Å². The van der Waals surface area contributed by atoms with Crippen LogP contribution in [0.2, 0.25) is 0 Å². The average Bonchev–Trinajstić information content (AvgIpc) is 4.08. The second kappa shape index (κ2) is 15.9. The topological polar surface area (TPSA) is 138 Å². The van der Waals surface area contributed by atoms with Crippen molar-refractivity contribution in [3.63, 3.8) is 0 Å². The van der Waals surface area contributed by atoms with Crippen LogP contribution >= 0.6 is 0 Å². The fourth-order valence-corrected chi connectivity index (χ4v) is 9.75. The van der Waals surface area contributed by atoms with Gasteiger partial charge in [0.15, 0.2) is 0 Å². The van der Waals surface area contributed by atoms with Crippen LogP contribution in [0.25, 0.3) is 22.3 Å². The number of nitrogen functional groups attached to an aromatic ring is 1. The number of rotatable bonds is 11. The number of hydrogen-bond donors (Lipinski definition) is 3.